The molecule has 1 aliphatic rings. The highest BCUT2D eigenvalue weighted by Gasteiger charge is 2.24. The average molecular weight is 451 g/mol. The largest absolute Gasteiger partial charge is 0.483 e. The lowest BCUT2D eigenvalue weighted by Gasteiger charge is -2.32. The van der Waals surface area contributed by atoms with Gasteiger partial charge in [0, 0.05) is 13.1 Å². The summed E-state index contributed by atoms with van der Waals surface area (Å²) < 4.78 is 18.9. The standard InChI is InChI=1S/C19H20BrFN4O3/c20-15-8-13(21)3-5-16(15)28-11-18(26)24-14-4-6-17(23-9-14)25-7-1-2-12(10-25)19(22)27/h3-6,8-9,12H,1-2,7,10-11H2,(H2,22,27)(H,24,26)/t12-/m0/s1. The number of carbonyl (C=O) groups is 2. The molecule has 1 aliphatic heterocycles. The number of benzene rings is 1. The van der Waals surface area contributed by atoms with Crippen LogP contribution in [0.3, 0.4) is 0 Å². The number of carbonyl (C=O) groups excluding carboxylic acids is 2. The van der Waals surface area contributed by atoms with E-state index < -0.39 is 5.82 Å². The first-order chi connectivity index (χ1) is 13.4. The molecule has 3 N–H and O–H groups in total. The summed E-state index contributed by atoms with van der Waals surface area (Å²) in [6.45, 7) is 1.13. The van der Waals surface area contributed by atoms with Crippen molar-refractivity contribution in [3.63, 3.8) is 0 Å². The first kappa shape index (κ1) is 20.1. The molecule has 9 heteroatoms. The Kier molecular flexibility index (Phi) is 6.45. The Labute approximate surface area is 170 Å². The van der Waals surface area contributed by atoms with Gasteiger partial charge in [0.25, 0.3) is 5.91 Å². The Bertz CT molecular complexity index is 863. The van der Waals surface area contributed by atoms with Gasteiger partial charge in [0.05, 0.1) is 22.3 Å². The van der Waals surface area contributed by atoms with Gasteiger partial charge in [-0.3, -0.25) is 9.59 Å². The van der Waals surface area contributed by atoms with E-state index in [4.69, 9.17) is 10.5 Å². The summed E-state index contributed by atoms with van der Waals surface area (Å²) in [5.41, 5.74) is 5.93. The third kappa shape index (κ3) is 5.19. The van der Waals surface area contributed by atoms with E-state index in [1.54, 1.807) is 18.3 Å². The summed E-state index contributed by atoms with van der Waals surface area (Å²) in [4.78, 5) is 29.8. The molecule has 0 bridgehead atoms. The Balaban J connectivity index is 1.53. The highest BCUT2D eigenvalue weighted by atomic mass is 79.9. The van der Waals surface area contributed by atoms with Crippen LogP contribution >= 0.6 is 15.9 Å². The molecule has 0 saturated carbocycles. The van der Waals surface area contributed by atoms with Crippen molar-refractivity contribution >= 4 is 39.2 Å². The van der Waals surface area contributed by atoms with Crippen LogP contribution in [0.4, 0.5) is 15.9 Å². The first-order valence-corrected chi connectivity index (χ1v) is 9.59. The third-order valence-electron chi connectivity index (χ3n) is 4.43. The van der Waals surface area contributed by atoms with Crippen LogP contribution in [0.5, 0.6) is 5.75 Å². The number of aromatic nitrogens is 1. The first-order valence-electron chi connectivity index (χ1n) is 8.80. The molecule has 7 nitrogen and oxygen atoms in total. The van der Waals surface area contributed by atoms with E-state index in [1.165, 1.54) is 18.2 Å². The number of hydrogen-bond acceptors (Lipinski definition) is 5. The molecule has 28 heavy (non-hydrogen) atoms. The quantitative estimate of drug-likeness (QED) is 0.704. The van der Waals surface area contributed by atoms with Crippen LogP contribution in [0.2, 0.25) is 0 Å². The normalized spacial score (nSPS) is 16.5. The summed E-state index contributed by atoms with van der Waals surface area (Å²) >= 11 is 3.18. The van der Waals surface area contributed by atoms with Crippen LogP contribution in [0, 0.1) is 11.7 Å². The molecule has 1 aromatic heterocycles. The van der Waals surface area contributed by atoms with Crippen LogP contribution < -0.4 is 20.7 Å². The number of ether oxygens (including phenoxy) is 1. The fraction of sp³-hybridized carbons (Fsp3) is 0.316. The van der Waals surface area contributed by atoms with Crippen LogP contribution in [0.25, 0.3) is 0 Å². The summed E-state index contributed by atoms with van der Waals surface area (Å²) in [6, 6.07) is 7.49. The maximum Gasteiger partial charge on any atom is 0.262 e. The van der Waals surface area contributed by atoms with Gasteiger partial charge in [-0.1, -0.05) is 0 Å². The molecule has 0 spiro atoms. The molecular weight excluding hydrogens is 431 g/mol. The maximum absolute atomic E-state index is 13.1. The average Bonchev–Trinajstić information content (AvgIpc) is 2.68. The van der Waals surface area contributed by atoms with Gasteiger partial charge in [0.1, 0.15) is 17.4 Å². The fourth-order valence-corrected chi connectivity index (χ4v) is 3.46. The summed E-state index contributed by atoms with van der Waals surface area (Å²) in [6.07, 6.45) is 3.23. The Hall–Kier alpha value is -2.68. The van der Waals surface area contributed by atoms with E-state index in [1.807, 2.05) is 4.90 Å². The minimum Gasteiger partial charge on any atom is -0.483 e. The van der Waals surface area contributed by atoms with E-state index in [0.29, 0.717) is 22.5 Å². The van der Waals surface area contributed by atoms with Crippen molar-refractivity contribution in [2.75, 3.05) is 29.9 Å². The predicted molar refractivity (Wildman–Crippen MR) is 107 cm³/mol. The zero-order valence-electron chi connectivity index (χ0n) is 15.0. The van der Waals surface area contributed by atoms with Gasteiger partial charge in [-0.2, -0.15) is 0 Å². The molecule has 148 valence electrons. The lowest BCUT2D eigenvalue weighted by Crippen LogP contribution is -2.41. The van der Waals surface area contributed by atoms with Crippen molar-refractivity contribution in [1.29, 1.82) is 0 Å². The Morgan fingerprint density at radius 1 is 1.36 bits per heavy atom. The minimum atomic E-state index is -0.398. The van der Waals surface area contributed by atoms with Crippen molar-refractivity contribution < 1.29 is 18.7 Å². The van der Waals surface area contributed by atoms with Crippen molar-refractivity contribution in [1.82, 2.24) is 4.98 Å². The van der Waals surface area contributed by atoms with E-state index >= 15 is 0 Å². The van der Waals surface area contributed by atoms with Crippen LogP contribution in [-0.4, -0.2) is 36.5 Å². The summed E-state index contributed by atoms with van der Waals surface area (Å²) in [7, 11) is 0. The van der Waals surface area contributed by atoms with Crippen molar-refractivity contribution in [2.45, 2.75) is 12.8 Å². The molecule has 0 radical (unpaired) electrons. The second-order valence-electron chi connectivity index (χ2n) is 6.50. The number of primary amides is 1. The molecule has 2 aromatic rings. The number of halogens is 2. The number of nitrogens with two attached hydrogens (primary N) is 1. The maximum atomic E-state index is 13.1. The molecular formula is C19H20BrFN4O3. The van der Waals surface area contributed by atoms with Crippen LogP contribution in [0.1, 0.15) is 12.8 Å². The topological polar surface area (TPSA) is 97.6 Å². The number of piperidine rings is 1. The van der Waals surface area contributed by atoms with Crippen molar-refractivity contribution in [2.24, 2.45) is 11.7 Å². The Morgan fingerprint density at radius 2 is 2.18 bits per heavy atom. The zero-order chi connectivity index (χ0) is 20.1. The van der Waals surface area contributed by atoms with Crippen LogP contribution in [0.15, 0.2) is 41.0 Å². The number of hydrogen-bond donors (Lipinski definition) is 2. The second-order valence-corrected chi connectivity index (χ2v) is 7.36. The molecule has 2 heterocycles. The van der Waals surface area contributed by atoms with Gasteiger partial charge in [0.2, 0.25) is 5.91 Å². The van der Waals surface area contributed by atoms with Gasteiger partial charge in [0.15, 0.2) is 6.61 Å². The summed E-state index contributed by atoms with van der Waals surface area (Å²) in [5, 5.41) is 2.69. The van der Waals surface area contributed by atoms with Crippen LogP contribution in [-0.2, 0) is 9.59 Å². The number of pyridine rings is 1. The van der Waals surface area contributed by atoms with Crippen molar-refractivity contribution in [3.8, 4) is 5.75 Å². The third-order valence-corrected chi connectivity index (χ3v) is 5.05. The monoisotopic (exact) mass is 450 g/mol. The fourth-order valence-electron chi connectivity index (χ4n) is 3.00. The molecule has 0 aliphatic carbocycles. The van der Waals surface area contributed by atoms with Gasteiger partial charge in [-0.15, -0.1) is 0 Å². The number of anilines is 2. The summed E-state index contributed by atoms with van der Waals surface area (Å²) in [5.74, 6) is -0.114. The number of rotatable bonds is 6. The molecule has 0 unspecified atom stereocenters. The number of nitrogens with one attached hydrogen (secondary N) is 1. The van der Waals surface area contributed by atoms with Gasteiger partial charge in [-0.05, 0) is 59.1 Å². The SMILES string of the molecule is NC(=O)[C@H]1CCCN(c2ccc(NC(=O)COc3ccc(F)cc3Br)cn2)C1. The zero-order valence-corrected chi connectivity index (χ0v) is 16.6. The minimum absolute atomic E-state index is 0.169. The Morgan fingerprint density at radius 3 is 2.86 bits per heavy atom. The molecule has 3 rings (SSSR count). The number of amides is 2. The van der Waals surface area contributed by atoms with E-state index in [2.05, 4.69) is 26.2 Å². The van der Waals surface area contributed by atoms with E-state index in [9.17, 15) is 14.0 Å². The highest BCUT2D eigenvalue weighted by molar-refractivity contribution is 9.10. The van der Waals surface area contributed by atoms with Gasteiger partial charge < -0.3 is 20.7 Å². The lowest BCUT2D eigenvalue weighted by molar-refractivity contribution is -0.122. The van der Waals surface area contributed by atoms with E-state index in [0.717, 1.165) is 25.2 Å². The highest BCUT2D eigenvalue weighted by Crippen LogP contribution is 2.25. The second kappa shape index (κ2) is 9.01. The lowest BCUT2D eigenvalue weighted by atomic mass is 9.97. The molecule has 2 amide bonds. The van der Waals surface area contributed by atoms with Crippen molar-refractivity contribution in [3.05, 3.63) is 46.8 Å². The molecule has 1 saturated heterocycles. The number of nitrogens with zero attached hydrogens (tertiary/aromatic N) is 2. The van der Waals surface area contributed by atoms with E-state index in [-0.39, 0.29) is 24.3 Å². The van der Waals surface area contributed by atoms with Gasteiger partial charge >= 0.3 is 0 Å². The smallest absolute Gasteiger partial charge is 0.262 e. The molecule has 1 aromatic carbocycles. The van der Waals surface area contributed by atoms with Gasteiger partial charge in [-0.25, -0.2) is 9.37 Å². The molecule has 1 fully saturated rings. The predicted octanol–water partition coefficient (Wildman–Crippen LogP) is 2.70. The molecule has 1 atom stereocenters.